The second-order valence-corrected chi connectivity index (χ2v) is 3.41. The quantitative estimate of drug-likeness (QED) is 0.205. The molecular formula is C6H4N3NaO5S. The van der Waals surface area contributed by atoms with Gasteiger partial charge >= 0.3 is 29.6 Å². The fraction of sp³-hybridized carbons (Fsp3) is 0. The molecular weight excluding hydrogens is 249 g/mol. The van der Waals surface area contributed by atoms with E-state index in [1.54, 1.807) is 0 Å². The molecule has 10 heteroatoms. The molecule has 1 aromatic rings. The second kappa shape index (κ2) is 6.01. The Hall–Kier alpha value is -0.870. The van der Waals surface area contributed by atoms with Crippen LogP contribution in [0.1, 0.15) is 0 Å². The summed E-state index contributed by atoms with van der Waals surface area (Å²) in [6.07, 6.45) is 0. The van der Waals surface area contributed by atoms with Gasteiger partial charge in [0.15, 0.2) is 0 Å². The summed E-state index contributed by atoms with van der Waals surface area (Å²) in [7, 11) is -4.82. The third kappa shape index (κ3) is 5.28. The van der Waals surface area contributed by atoms with Crippen molar-refractivity contribution in [3.05, 3.63) is 34.4 Å². The number of nitro benzene ring substituents is 1. The van der Waals surface area contributed by atoms with Crippen molar-refractivity contribution < 1.29 is 47.5 Å². The van der Waals surface area contributed by atoms with E-state index in [1.807, 2.05) is 0 Å². The van der Waals surface area contributed by atoms with Gasteiger partial charge in [-0.25, -0.2) is 8.42 Å². The molecule has 1 rings (SSSR count). The van der Waals surface area contributed by atoms with Crippen LogP contribution in [0.5, 0.6) is 0 Å². The number of rotatable bonds is 3. The smallest absolute Gasteiger partial charge is 0.728 e. The molecule has 1 aromatic carbocycles. The molecule has 80 valence electrons. The molecule has 0 aliphatic rings. The predicted molar refractivity (Wildman–Crippen MR) is 47.3 cm³/mol. The average molecular weight is 253 g/mol. The van der Waals surface area contributed by atoms with E-state index in [0.717, 1.165) is 6.07 Å². The van der Waals surface area contributed by atoms with Crippen LogP contribution in [0.3, 0.4) is 0 Å². The molecule has 0 saturated heterocycles. The van der Waals surface area contributed by atoms with E-state index in [2.05, 4.69) is 9.63 Å². The Bertz CT molecular complexity index is 515. The molecule has 0 fully saturated rings. The van der Waals surface area contributed by atoms with Gasteiger partial charge in [-0.15, -0.1) is 5.11 Å². The molecule has 0 saturated carbocycles. The maximum atomic E-state index is 10.3. The molecule has 0 atom stereocenters. The normalized spacial score (nSPS) is 11.1. The first kappa shape index (κ1) is 15.1. The van der Waals surface area contributed by atoms with Crippen LogP contribution in [0.2, 0.25) is 0 Å². The SMILES string of the molecule is O=[N+]([O-])c1cccc(N=NS(=O)(=O)[O-])c1.[Na+]. The minimum absolute atomic E-state index is 0. The van der Waals surface area contributed by atoms with Crippen LogP contribution in [-0.2, 0) is 10.3 Å². The van der Waals surface area contributed by atoms with Crippen LogP contribution in [0.25, 0.3) is 0 Å². The molecule has 8 nitrogen and oxygen atoms in total. The third-order valence-corrected chi connectivity index (χ3v) is 1.58. The molecule has 0 bridgehead atoms. The van der Waals surface area contributed by atoms with E-state index in [0.29, 0.717) is 0 Å². The number of benzene rings is 1. The van der Waals surface area contributed by atoms with E-state index in [-0.39, 0.29) is 40.9 Å². The van der Waals surface area contributed by atoms with Crippen molar-refractivity contribution in [2.24, 2.45) is 9.63 Å². The zero-order valence-electron chi connectivity index (χ0n) is 8.10. The van der Waals surface area contributed by atoms with Crippen molar-refractivity contribution in [3.63, 3.8) is 0 Å². The summed E-state index contributed by atoms with van der Waals surface area (Å²) in [5.74, 6) is 0. The van der Waals surface area contributed by atoms with Crippen LogP contribution in [0.4, 0.5) is 11.4 Å². The van der Waals surface area contributed by atoms with Gasteiger partial charge in [-0.1, -0.05) is 10.6 Å². The summed E-state index contributed by atoms with van der Waals surface area (Å²) in [6.45, 7) is 0. The molecule has 0 aliphatic carbocycles. The minimum atomic E-state index is -4.82. The van der Waals surface area contributed by atoms with Gasteiger partial charge in [-0.05, 0) is 6.07 Å². The minimum Gasteiger partial charge on any atom is -0.728 e. The zero-order chi connectivity index (χ0) is 11.5. The Morgan fingerprint density at radius 2 is 1.94 bits per heavy atom. The topological polar surface area (TPSA) is 125 Å². The third-order valence-electron chi connectivity index (χ3n) is 1.30. The number of non-ortho nitro benzene ring substituents is 1. The molecule has 0 aliphatic heterocycles. The zero-order valence-corrected chi connectivity index (χ0v) is 10.9. The molecule has 0 heterocycles. The predicted octanol–water partition coefficient (Wildman–Crippen LogP) is -1.86. The Labute approximate surface area is 113 Å². The first-order valence-corrected chi connectivity index (χ1v) is 4.88. The summed E-state index contributed by atoms with van der Waals surface area (Å²) in [5.41, 5.74) is -0.349. The van der Waals surface area contributed by atoms with Crippen molar-refractivity contribution in [1.82, 2.24) is 0 Å². The largest absolute Gasteiger partial charge is 1.00 e. The summed E-state index contributed by atoms with van der Waals surface area (Å²) in [6, 6.07) is 4.77. The van der Waals surface area contributed by atoms with Gasteiger partial charge in [0.2, 0.25) is 10.3 Å². The number of nitrogens with zero attached hydrogens (tertiary/aromatic N) is 3. The van der Waals surface area contributed by atoms with Gasteiger partial charge in [0.1, 0.15) is 0 Å². The monoisotopic (exact) mass is 253 g/mol. The van der Waals surface area contributed by atoms with Crippen LogP contribution in [-0.4, -0.2) is 17.9 Å². The molecule has 0 amide bonds. The first-order chi connectivity index (χ1) is 6.88. The summed E-state index contributed by atoms with van der Waals surface area (Å²) in [5, 5.41) is 13.3. The second-order valence-electron chi connectivity index (χ2n) is 2.39. The standard InChI is InChI=1S/C6H5N3O5S.Na/c10-9(11)6-3-1-2-5(4-6)7-8-15(12,13)14;/h1-4H,(H,12,13,14);/q;+1/p-1. The van der Waals surface area contributed by atoms with Crippen molar-refractivity contribution in [2.75, 3.05) is 0 Å². The van der Waals surface area contributed by atoms with Crippen LogP contribution in [0.15, 0.2) is 33.9 Å². The molecule has 0 aromatic heterocycles. The van der Waals surface area contributed by atoms with E-state index in [9.17, 15) is 23.1 Å². The fourth-order valence-electron chi connectivity index (χ4n) is 0.766. The van der Waals surface area contributed by atoms with Gasteiger partial charge < -0.3 is 4.55 Å². The van der Waals surface area contributed by atoms with E-state index in [4.69, 9.17) is 0 Å². The first-order valence-electron chi connectivity index (χ1n) is 3.52. The van der Waals surface area contributed by atoms with Crippen molar-refractivity contribution in [1.29, 1.82) is 0 Å². The maximum Gasteiger partial charge on any atom is 1.00 e. The Balaban J connectivity index is 0.00000225. The summed E-state index contributed by atoms with van der Waals surface area (Å²) < 4.78 is 32.7. The van der Waals surface area contributed by atoms with E-state index in [1.165, 1.54) is 18.2 Å². The van der Waals surface area contributed by atoms with Gasteiger partial charge in [-0.3, -0.25) is 10.1 Å². The maximum absolute atomic E-state index is 10.3. The molecule has 0 unspecified atom stereocenters. The molecule has 0 spiro atoms. The van der Waals surface area contributed by atoms with Gasteiger partial charge in [-0.2, -0.15) is 0 Å². The molecule has 0 radical (unpaired) electrons. The van der Waals surface area contributed by atoms with Crippen molar-refractivity contribution >= 4 is 21.7 Å². The Morgan fingerprint density at radius 3 is 2.44 bits per heavy atom. The van der Waals surface area contributed by atoms with Crippen molar-refractivity contribution in [2.45, 2.75) is 0 Å². The van der Waals surface area contributed by atoms with E-state index < -0.39 is 15.2 Å². The van der Waals surface area contributed by atoms with Gasteiger partial charge in [0.05, 0.1) is 10.6 Å². The molecule has 16 heavy (non-hydrogen) atoms. The Kier molecular flexibility index (Phi) is 5.68. The van der Waals surface area contributed by atoms with E-state index >= 15 is 0 Å². The average Bonchev–Trinajstić information content (AvgIpc) is 2.14. The Morgan fingerprint density at radius 1 is 1.31 bits per heavy atom. The summed E-state index contributed by atoms with van der Waals surface area (Å²) >= 11 is 0. The van der Waals surface area contributed by atoms with Crippen molar-refractivity contribution in [3.8, 4) is 0 Å². The fourth-order valence-corrected chi connectivity index (χ4v) is 0.960. The van der Waals surface area contributed by atoms with Crippen LogP contribution in [0, 0.1) is 10.1 Å². The number of hydrogen-bond donors (Lipinski definition) is 0. The van der Waals surface area contributed by atoms with Crippen LogP contribution < -0.4 is 29.6 Å². The molecule has 0 N–H and O–H groups in total. The number of nitro groups is 1. The van der Waals surface area contributed by atoms with Gasteiger partial charge in [0, 0.05) is 12.1 Å². The van der Waals surface area contributed by atoms with Gasteiger partial charge in [0.25, 0.3) is 5.69 Å². The van der Waals surface area contributed by atoms with Crippen LogP contribution >= 0.6 is 0 Å². The summed E-state index contributed by atoms with van der Waals surface area (Å²) in [4.78, 5) is 9.63. The number of hydrogen-bond acceptors (Lipinski definition) is 6.